The highest BCUT2D eigenvalue weighted by Gasteiger charge is 2.67. The van der Waals surface area contributed by atoms with Crippen LogP contribution in [0.1, 0.15) is 17.9 Å². The molecular weight excluding hydrogens is 513 g/mol. The number of halogens is 3. The number of aryl methyl sites for hydroxylation is 1. The van der Waals surface area contributed by atoms with Gasteiger partial charge in [0.2, 0.25) is 0 Å². The third kappa shape index (κ3) is 3.71. The number of anilines is 1. The number of piperidine rings is 1. The number of nitrogens with two attached hydrogens (primary N) is 1. The van der Waals surface area contributed by atoms with E-state index in [2.05, 4.69) is 35.0 Å². The molecule has 0 unspecified atom stereocenters. The molecule has 39 heavy (non-hydrogen) atoms. The maximum atomic E-state index is 12.9. The minimum Gasteiger partial charge on any atom is -0.403 e. The average molecular weight is 537 g/mol. The number of aromatic amines is 1. The Labute approximate surface area is 219 Å². The molecule has 1 saturated heterocycles. The molecule has 0 radical (unpaired) electrons. The highest BCUT2D eigenvalue weighted by Crippen LogP contribution is 2.62. The third-order valence-electron chi connectivity index (χ3n) is 8.06. The van der Waals surface area contributed by atoms with Crippen molar-refractivity contribution < 1.29 is 22.4 Å². The summed E-state index contributed by atoms with van der Waals surface area (Å²) in [6, 6.07) is 8.05. The third-order valence-corrected chi connectivity index (χ3v) is 8.06. The largest absolute Gasteiger partial charge is 0.573 e. The molecule has 5 heterocycles. The first kappa shape index (κ1) is 23.8. The van der Waals surface area contributed by atoms with Crippen molar-refractivity contribution in [2.24, 2.45) is 17.6 Å². The number of H-pyrrole nitrogens is 1. The second-order valence-electron chi connectivity index (χ2n) is 10.1. The average Bonchev–Trinajstić information content (AvgIpc) is 3.15. The number of fused-ring (bicyclic) bond motifs is 3. The zero-order valence-corrected chi connectivity index (χ0v) is 20.7. The Bertz CT molecular complexity index is 1720. The Balaban J connectivity index is 1.20. The molecule has 0 spiro atoms. The molecule has 1 aromatic carbocycles. The van der Waals surface area contributed by atoms with Crippen molar-refractivity contribution in [3.05, 3.63) is 54.2 Å². The van der Waals surface area contributed by atoms with E-state index in [1.165, 1.54) is 18.3 Å². The number of hydrogen-bond acceptors (Lipinski definition) is 9. The van der Waals surface area contributed by atoms with Crippen molar-refractivity contribution in [2.45, 2.75) is 25.1 Å². The van der Waals surface area contributed by atoms with E-state index < -0.39 is 6.36 Å². The standard InChI is InChI=1S/C26H23F3N8O2/c1-13-9-19(36-39-13)25(12-30)16-6-8-37(11-17(16)25)20-10-32-23-22(34-35-24(23)33-20)15-4-5-18(38-26(27,28)29)21-14(15)3-2-7-31-21/h2-5,7,9-10,16-17H,6,8,11-12,30H2,1H3,(H,33,34,35)/t16-,17+,25+/m1/s1. The maximum absolute atomic E-state index is 12.9. The molecule has 2 aliphatic rings. The van der Waals surface area contributed by atoms with E-state index in [9.17, 15) is 13.2 Å². The maximum Gasteiger partial charge on any atom is 0.573 e. The topological polar surface area (TPSA) is 132 Å². The van der Waals surface area contributed by atoms with E-state index in [4.69, 9.17) is 15.2 Å². The second kappa shape index (κ2) is 8.37. The predicted molar refractivity (Wildman–Crippen MR) is 135 cm³/mol. The smallest absolute Gasteiger partial charge is 0.403 e. The summed E-state index contributed by atoms with van der Waals surface area (Å²) in [6.07, 6.45) is -0.765. The van der Waals surface area contributed by atoms with Gasteiger partial charge in [-0.05, 0) is 43.4 Å². The van der Waals surface area contributed by atoms with E-state index >= 15 is 0 Å². The zero-order valence-electron chi connectivity index (χ0n) is 20.7. The van der Waals surface area contributed by atoms with Gasteiger partial charge in [-0.3, -0.25) is 10.1 Å². The van der Waals surface area contributed by atoms with Crippen LogP contribution in [-0.4, -0.2) is 56.3 Å². The van der Waals surface area contributed by atoms with Crippen molar-refractivity contribution in [3.63, 3.8) is 0 Å². The van der Waals surface area contributed by atoms with Crippen molar-refractivity contribution >= 4 is 27.9 Å². The number of pyridine rings is 1. The summed E-state index contributed by atoms with van der Waals surface area (Å²) in [7, 11) is 0. The van der Waals surface area contributed by atoms with Gasteiger partial charge >= 0.3 is 6.36 Å². The van der Waals surface area contributed by atoms with Gasteiger partial charge in [0.05, 0.1) is 11.9 Å². The zero-order chi connectivity index (χ0) is 26.9. The number of rotatable bonds is 5. The highest BCUT2D eigenvalue weighted by molar-refractivity contribution is 6.02. The van der Waals surface area contributed by atoms with Crippen LogP contribution >= 0.6 is 0 Å². The van der Waals surface area contributed by atoms with Gasteiger partial charge in [0.1, 0.15) is 28.3 Å². The molecule has 5 aromatic rings. The lowest BCUT2D eigenvalue weighted by atomic mass is 9.97. The number of nitrogens with zero attached hydrogens (tertiary/aromatic N) is 6. The summed E-state index contributed by atoms with van der Waals surface area (Å²) in [5, 5.41) is 12.1. The molecule has 3 atom stereocenters. The van der Waals surface area contributed by atoms with Crippen molar-refractivity contribution in [3.8, 4) is 17.0 Å². The second-order valence-corrected chi connectivity index (χ2v) is 10.1. The molecule has 10 nitrogen and oxygen atoms in total. The summed E-state index contributed by atoms with van der Waals surface area (Å²) in [5.74, 6) is 1.89. The summed E-state index contributed by atoms with van der Waals surface area (Å²) in [4.78, 5) is 15.8. The fraction of sp³-hybridized carbons (Fsp3) is 0.346. The molecule has 4 aromatic heterocycles. The summed E-state index contributed by atoms with van der Waals surface area (Å²) in [6.45, 7) is 3.96. The van der Waals surface area contributed by atoms with Crippen LogP contribution in [0.3, 0.4) is 0 Å². The van der Waals surface area contributed by atoms with E-state index in [0.29, 0.717) is 52.0 Å². The van der Waals surface area contributed by atoms with Crippen LogP contribution in [-0.2, 0) is 5.41 Å². The van der Waals surface area contributed by atoms with E-state index in [-0.39, 0.29) is 16.7 Å². The molecule has 1 aliphatic carbocycles. The molecule has 0 bridgehead atoms. The Morgan fingerprint density at radius 2 is 2.08 bits per heavy atom. The van der Waals surface area contributed by atoms with Crippen molar-refractivity contribution in [2.75, 3.05) is 24.5 Å². The number of aromatic nitrogens is 6. The van der Waals surface area contributed by atoms with Gasteiger partial charge in [0.25, 0.3) is 0 Å². The van der Waals surface area contributed by atoms with Gasteiger partial charge in [0, 0.05) is 48.3 Å². The monoisotopic (exact) mass is 536 g/mol. The normalized spacial score (nSPS) is 22.8. The number of ether oxygens (including phenoxy) is 1. The number of alkyl halides is 3. The lowest BCUT2D eigenvalue weighted by Gasteiger charge is -2.26. The summed E-state index contributed by atoms with van der Waals surface area (Å²) in [5.41, 5.74) is 9.09. The van der Waals surface area contributed by atoms with Gasteiger partial charge < -0.3 is 19.9 Å². The van der Waals surface area contributed by atoms with Gasteiger partial charge in [-0.25, -0.2) is 9.97 Å². The highest BCUT2D eigenvalue weighted by atomic mass is 19.4. The Hall–Kier alpha value is -4.26. The lowest BCUT2D eigenvalue weighted by molar-refractivity contribution is -0.274. The van der Waals surface area contributed by atoms with Crippen LogP contribution in [0.5, 0.6) is 5.75 Å². The van der Waals surface area contributed by atoms with Gasteiger partial charge in [-0.15, -0.1) is 13.2 Å². The van der Waals surface area contributed by atoms with Crippen molar-refractivity contribution in [1.82, 2.24) is 30.3 Å². The molecule has 2 fully saturated rings. The molecule has 0 amide bonds. The fourth-order valence-electron chi connectivity index (χ4n) is 6.25. The summed E-state index contributed by atoms with van der Waals surface area (Å²) < 4.78 is 48.3. The van der Waals surface area contributed by atoms with Crippen LogP contribution in [0.4, 0.5) is 19.0 Å². The van der Waals surface area contributed by atoms with Crippen LogP contribution < -0.4 is 15.4 Å². The first-order valence-electron chi connectivity index (χ1n) is 12.5. The lowest BCUT2D eigenvalue weighted by Crippen LogP contribution is -2.32. The van der Waals surface area contributed by atoms with E-state index in [0.717, 1.165) is 31.0 Å². The minimum atomic E-state index is -4.83. The van der Waals surface area contributed by atoms with E-state index in [1.54, 1.807) is 18.3 Å². The van der Waals surface area contributed by atoms with Crippen LogP contribution in [0.2, 0.25) is 0 Å². The Morgan fingerprint density at radius 1 is 1.21 bits per heavy atom. The molecular formula is C26H23F3N8O2. The first-order chi connectivity index (χ1) is 18.8. The first-order valence-corrected chi connectivity index (χ1v) is 12.5. The molecule has 200 valence electrons. The molecule has 3 N–H and O–H groups in total. The predicted octanol–water partition coefficient (Wildman–Crippen LogP) is 4.12. The fourth-order valence-corrected chi connectivity index (χ4v) is 6.25. The quantitative estimate of drug-likeness (QED) is 0.340. The van der Waals surface area contributed by atoms with Gasteiger partial charge in [0.15, 0.2) is 11.4 Å². The SMILES string of the molecule is Cc1cc([C@@]2(CN)[C@@H]3CCN(c4cnc5c(-c6ccc(OC(F)(F)F)c7ncccc67)n[nH]c5n4)C[C@@H]32)no1. The van der Waals surface area contributed by atoms with Crippen LogP contribution in [0, 0.1) is 18.8 Å². The molecule has 7 rings (SSSR count). The Morgan fingerprint density at radius 3 is 2.85 bits per heavy atom. The Kier molecular flexibility index (Phi) is 5.11. The molecule has 1 aliphatic heterocycles. The van der Waals surface area contributed by atoms with Crippen molar-refractivity contribution in [1.29, 1.82) is 0 Å². The molecule has 1 saturated carbocycles. The van der Waals surface area contributed by atoms with Gasteiger partial charge in [-0.1, -0.05) is 11.2 Å². The number of hydrogen-bond donors (Lipinski definition) is 2. The van der Waals surface area contributed by atoms with Crippen LogP contribution in [0.25, 0.3) is 33.3 Å². The number of benzene rings is 1. The minimum absolute atomic E-state index is 0.0750. The number of nitrogens with one attached hydrogen (secondary N) is 1. The van der Waals surface area contributed by atoms with E-state index in [1.807, 2.05) is 13.0 Å². The summed E-state index contributed by atoms with van der Waals surface area (Å²) >= 11 is 0. The van der Waals surface area contributed by atoms with Crippen LogP contribution in [0.15, 0.2) is 47.2 Å². The molecule has 13 heteroatoms. The van der Waals surface area contributed by atoms with Gasteiger partial charge in [-0.2, -0.15) is 5.10 Å².